The van der Waals surface area contributed by atoms with Gasteiger partial charge in [-0.05, 0) is 48.1 Å². The van der Waals surface area contributed by atoms with E-state index in [1.165, 1.54) is 12.5 Å². The average Bonchev–Trinajstić information content (AvgIpc) is 3.41. The molecule has 0 aromatic carbocycles. The lowest BCUT2D eigenvalue weighted by Crippen LogP contribution is -2.39. The Labute approximate surface area is 175 Å². The van der Waals surface area contributed by atoms with Gasteiger partial charge in [-0.3, -0.25) is 4.79 Å². The van der Waals surface area contributed by atoms with Crippen molar-refractivity contribution in [1.29, 1.82) is 0 Å². The molecule has 2 aliphatic heterocycles. The fraction of sp³-hybridized carbons (Fsp3) is 0.550. The minimum atomic E-state index is -3.41. The number of piperidine rings is 1. The van der Waals surface area contributed by atoms with Crippen molar-refractivity contribution in [3.05, 3.63) is 34.3 Å². The third-order valence-electron chi connectivity index (χ3n) is 5.73. The third-order valence-corrected chi connectivity index (χ3v) is 7.57. The van der Waals surface area contributed by atoms with Gasteiger partial charge < -0.3 is 9.80 Å². The summed E-state index contributed by atoms with van der Waals surface area (Å²) >= 11 is 1.60. The predicted octanol–water partition coefficient (Wildman–Crippen LogP) is 2.49. The number of anilines is 1. The molecule has 9 heteroatoms. The van der Waals surface area contributed by atoms with Crippen LogP contribution in [0.2, 0.25) is 0 Å². The molecule has 2 aliphatic rings. The lowest BCUT2D eigenvalue weighted by atomic mass is 9.93. The number of rotatable bonds is 5. The topological polar surface area (TPSA) is 83.5 Å². The van der Waals surface area contributed by atoms with Gasteiger partial charge >= 0.3 is 0 Å². The van der Waals surface area contributed by atoms with Gasteiger partial charge in [-0.1, -0.05) is 0 Å². The summed E-state index contributed by atoms with van der Waals surface area (Å²) in [6.07, 6.45) is 6.76. The second kappa shape index (κ2) is 8.39. The van der Waals surface area contributed by atoms with Gasteiger partial charge in [0.1, 0.15) is 4.90 Å². The molecule has 4 rings (SSSR count). The SMILES string of the molecule is CS(=O)(=O)c1cnc(N2CCCC2)nc1C1CCN(C(=O)Cc2ccsc2)CC1. The normalized spacial score (nSPS) is 18.4. The molecule has 0 aliphatic carbocycles. The number of sulfone groups is 1. The van der Waals surface area contributed by atoms with Crippen LogP contribution in [-0.4, -0.2) is 61.6 Å². The summed E-state index contributed by atoms with van der Waals surface area (Å²) in [6.45, 7) is 3.07. The van der Waals surface area contributed by atoms with E-state index in [0.717, 1.165) is 31.5 Å². The lowest BCUT2D eigenvalue weighted by Gasteiger charge is -2.32. The number of aromatic nitrogens is 2. The molecular formula is C20H26N4O3S2. The smallest absolute Gasteiger partial charge is 0.227 e. The molecule has 0 spiro atoms. The summed E-state index contributed by atoms with van der Waals surface area (Å²) in [5, 5.41) is 3.98. The second-order valence-corrected chi connectivity index (χ2v) is 10.6. The minimum Gasteiger partial charge on any atom is -0.342 e. The Kier molecular flexibility index (Phi) is 5.87. The molecule has 0 unspecified atom stereocenters. The molecule has 29 heavy (non-hydrogen) atoms. The molecule has 7 nitrogen and oxygen atoms in total. The molecule has 2 fully saturated rings. The summed E-state index contributed by atoms with van der Waals surface area (Å²) in [5.74, 6) is 0.778. The quantitative estimate of drug-likeness (QED) is 0.719. The molecule has 156 valence electrons. The zero-order valence-corrected chi connectivity index (χ0v) is 18.2. The van der Waals surface area contributed by atoms with Crippen LogP contribution < -0.4 is 4.90 Å². The van der Waals surface area contributed by atoms with Gasteiger partial charge in [-0.2, -0.15) is 11.3 Å². The number of thiophene rings is 1. The number of hydrogen-bond acceptors (Lipinski definition) is 7. The zero-order valence-electron chi connectivity index (χ0n) is 16.6. The van der Waals surface area contributed by atoms with Crippen molar-refractivity contribution in [3.8, 4) is 0 Å². The third kappa shape index (κ3) is 4.61. The first-order valence-electron chi connectivity index (χ1n) is 10.0. The molecule has 2 aromatic rings. The van der Waals surface area contributed by atoms with Crippen LogP contribution in [-0.2, 0) is 21.1 Å². The summed E-state index contributed by atoms with van der Waals surface area (Å²) in [6, 6.07) is 1.98. The van der Waals surface area contributed by atoms with E-state index in [9.17, 15) is 13.2 Å². The van der Waals surface area contributed by atoms with Crippen LogP contribution in [0.4, 0.5) is 5.95 Å². The van der Waals surface area contributed by atoms with E-state index in [-0.39, 0.29) is 16.7 Å². The van der Waals surface area contributed by atoms with Crippen LogP contribution in [0, 0.1) is 0 Å². The van der Waals surface area contributed by atoms with Crippen molar-refractivity contribution in [3.63, 3.8) is 0 Å². The highest BCUT2D eigenvalue weighted by Gasteiger charge is 2.30. The highest BCUT2D eigenvalue weighted by molar-refractivity contribution is 7.90. The Morgan fingerprint density at radius 2 is 1.93 bits per heavy atom. The van der Waals surface area contributed by atoms with Gasteiger partial charge in [0.2, 0.25) is 11.9 Å². The van der Waals surface area contributed by atoms with Crippen molar-refractivity contribution >= 4 is 33.0 Å². The van der Waals surface area contributed by atoms with Gasteiger partial charge in [0.15, 0.2) is 9.84 Å². The van der Waals surface area contributed by atoms with E-state index in [2.05, 4.69) is 9.88 Å². The van der Waals surface area contributed by atoms with Gasteiger partial charge in [0.05, 0.1) is 18.3 Å². The number of likely N-dealkylation sites (tertiary alicyclic amines) is 1. The highest BCUT2D eigenvalue weighted by atomic mass is 32.2. The maximum Gasteiger partial charge on any atom is 0.227 e. The van der Waals surface area contributed by atoms with Crippen molar-refractivity contribution in [2.45, 2.75) is 42.9 Å². The van der Waals surface area contributed by atoms with Crippen LogP contribution in [0.1, 0.15) is 42.9 Å². The fourth-order valence-electron chi connectivity index (χ4n) is 4.10. The standard InChI is InChI=1S/C20H26N4O3S2/c1-29(26,27)17-13-21-20(24-7-2-3-8-24)22-19(17)16-4-9-23(10-5-16)18(25)12-15-6-11-28-14-15/h6,11,13-14,16H,2-5,7-10,12H2,1H3. The van der Waals surface area contributed by atoms with Gasteiger partial charge in [-0.15, -0.1) is 0 Å². The first-order valence-corrected chi connectivity index (χ1v) is 12.9. The molecule has 0 radical (unpaired) electrons. The van der Waals surface area contributed by atoms with E-state index in [1.54, 1.807) is 11.3 Å². The molecule has 2 saturated heterocycles. The van der Waals surface area contributed by atoms with Crippen LogP contribution in [0.5, 0.6) is 0 Å². The molecule has 1 amide bonds. The molecule has 2 aromatic heterocycles. The Hall–Kier alpha value is -2.00. The van der Waals surface area contributed by atoms with Crippen molar-refractivity contribution in [2.24, 2.45) is 0 Å². The highest BCUT2D eigenvalue weighted by Crippen LogP contribution is 2.32. The van der Waals surface area contributed by atoms with Gasteiger partial charge in [-0.25, -0.2) is 18.4 Å². The van der Waals surface area contributed by atoms with Crippen LogP contribution in [0.15, 0.2) is 27.9 Å². The van der Waals surface area contributed by atoms with Crippen molar-refractivity contribution < 1.29 is 13.2 Å². The predicted molar refractivity (Wildman–Crippen MR) is 113 cm³/mol. The summed E-state index contributed by atoms with van der Waals surface area (Å²) in [7, 11) is -3.41. The number of amides is 1. The lowest BCUT2D eigenvalue weighted by molar-refractivity contribution is -0.131. The Morgan fingerprint density at radius 3 is 2.55 bits per heavy atom. The number of nitrogens with zero attached hydrogens (tertiary/aromatic N) is 4. The van der Waals surface area contributed by atoms with Crippen LogP contribution >= 0.6 is 11.3 Å². The first-order chi connectivity index (χ1) is 13.9. The van der Waals surface area contributed by atoms with Gasteiger partial charge in [0, 0.05) is 38.4 Å². The minimum absolute atomic E-state index is 0.0225. The first kappa shape index (κ1) is 20.3. The summed E-state index contributed by atoms with van der Waals surface area (Å²) in [4.78, 5) is 25.8. The van der Waals surface area contributed by atoms with Gasteiger partial charge in [0.25, 0.3) is 0 Å². The van der Waals surface area contributed by atoms with E-state index < -0.39 is 9.84 Å². The van der Waals surface area contributed by atoms with E-state index in [0.29, 0.717) is 44.0 Å². The van der Waals surface area contributed by atoms with E-state index >= 15 is 0 Å². The molecule has 0 atom stereocenters. The molecule has 4 heterocycles. The van der Waals surface area contributed by atoms with Crippen LogP contribution in [0.3, 0.4) is 0 Å². The van der Waals surface area contributed by atoms with Crippen LogP contribution in [0.25, 0.3) is 0 Å². The number of carbonyl (C=O) groups excluding carboxylic acids is 1. The summed E-state index contributed by atoms with van der Waals surface area (Å²) in [5.41, 5.74) is 1.67. The Bertz CT molecular complexity index is 962. The van der Waals surface area contributed by atoms with Crippen molar-refractivity contribution in [2.75, 3.05) is 37.3 Å². The average molecular weight is 435 g/mol. The van der Waals surface area contributed by atoms with E-state index in [4.69, 9.17) is 4.98 Å². The number of hydrogen-bond donors (Lipinski definition) is 0. The molecule has 0 saturated carbocycles. The molecule has 0 N–H and O–H groups in total. The number of carbonyl (C=O) groups is 1. The maximum atomic E-state index is 12.6. The Balaban J connectivity index is 1.50. The zero-order chi connectivity index (χ0) is 20.4. The van der Waals surface area contributed by atoms with E-state index in [1.807, 2.05) is 21.7 Å². The molecular weight excluding hydrogens is 408 g/mol. The monoisotopic (exact) mass is 434 g/mol. The second-order valence-electron chi connectivity index (χ2n) is 7.85. The molecule has 0 bridgehead atoms. The maximum absolute atomic E-state index is 12.6. The fourth-order valence-corrected chi connectivity index (χ4v) is 5.61. The van der Waals surface area contributed by atoms with Crippen molar-refractivity contribution in [1.82, 2.24) is 14.9 Å². The Morgan fingerprint density at radius 1 is 1.21 bits per heavy atom. The summed E-state index contributed by atoms with van der Waals surface area (Å²) < 4.78 is 24.6. The largest absolute Gasteiger partial charge is 0.342 e.